The summed E-state index contributed by atoms with van der Waals surface area (Å²) < 4.78 is 2.31. The number of ketones is 1. The van der Waals surface area contributed by atoms with Gasteiger partial charge in [0, 0.05) is 41.9 Å². The van der Waals surface area contributed by atoms with Gasteiger partial charge in [-0.25, -0.2) is 0 Å². The molecule has 2 fully saturated rings. The van der Waals surface area contributed by atoms with Crippen LogP contribution >= 0.6 is 11.8 Å². The molecule has 2 aliphatic carbocycles. The number of carbonyl (C=O) groups excluding carboxylic acids is 1. The lowest BCUT2D eigenvalue weighted by molar-refractivity contribution is -0.112. The van der Waals surface area contributed by atoms with Gasteiger partial charge in [-0.15, -0.1) is 10.2 Å². The highest BCUT2D eigenvalue weighted by Gasteiger charge is 2.39. The molecule has 146 valence electrons. The number of likely N-dealkylation sites (N-methyl/N-ethyl adjacent to an activating group) is 1. The summed E-state index contributed by atoms with van der Waals surface area (Å²) in [4.78, 5) is 15.0. The number of rotatable bonds is 6. The van der Waals surface area contributed by atoms with Crippen molar-refractivity contribution in [1.29, 1.82) is 0 Å². The molecule has 1 aromatic carbocycles. The van der Waals surface area contributed by atoms with Crippen LogP contribution in [0.3, 0.4) is 0 Å². The van der Waals surface area contributed by atoms with Gasteiger partial charge in [-0.2, -0.15) is 0 Å². The van der Waals surface area contributed by atoms with Gasteiger partial charge >= 0.3 is 0 Å². The molecule has 2 aromatic rings. The molecule has 3 aliphatic rings. The molecule has 0 saturated heterocycles. The number of anilines is 1. The standard InChI is InChI=1S/C22H26N4OS/c1-22(2)17-6-4-5-7-18(17)25(3)19(22)12-16(27)13-28-21-24-23-20(14-8-9-14)26(21)15-10-11-15/h4-7,12,14-15H,8-11,13H2,1-3H3/b19-12+. The van der Waals surface area contributed by atoms with E-state index in [0.717, 1.165) is 16.7 Å². The molecule has 0 amide bonds. The van der Waals surface area contributed by atoms with Gasteiger partial charge in [0.05, 0.1) is 5.75 Å². The molecule has 5 rings (SSSR count). The van der Waals surface area contributed by atoms with Crippen LogP contribution in [-0.4, -0.2) is 33.3 Å². The number of benzene rings is 1. The molecule has 2 heterocycles. The number of thioether (sulfide) groups is 1. The van der Waals surface area contributed by atoms with E-state index >= 15 is 0 Å². The van der Waals surface area contributed by atoms with Crippen molar-refractivity contribution in [2.75, 3.05) is 17.7 Å². The number of allylic oxidation sites excluding steroid dienone is 2. The zero-order valence-electron chi connectivity index (χ0n) is 16.7. The Labute approximate surface area is 170 Å². The quantitative estimate of drug-likeness (QED) is 0.535. The van der Waals surface area contributed by atoms with Crippen LogP contribution in [0.25, 0.3) is 0 Å². The van der Waals surface area contributed by atoms with Crippen molar-refractivity contribution >= 4 is 23.2 Å². The maximum Gasteiger partial charge on any atom is 0.191 e. The van der Waals surface area contributed by atoms with Crippen LogP contribution in [0.5, 0.6) is 0 Å². The average Bonchev–Trinajstić information content (AvgIpc) is 3.61. The van der Waals surface area contributed by atoms with E-state index in [9.17, 15) is 4.79 Å². The topological polar surface area (TPSA) is 51.0 Å². The van der Waals surface area contributed by atoms with Crippen LogP contribution in [0, 0.1) is 0 Å². The SMILES string of the molecule is CN1/C(=C/C(=O)CSc2nnc(C3CC3)n2C2CC2)C(C)(C)c2ccccc21. The molecule has 0 N–H and O–H groups in total. The Bertz CT molecular complexity index is 969. The summed E-state index contributed by atoms with van der Waals surface area (Å²) >= 11 is 1.53. The van der Waals surface area contributed by atoms with E-state index in [1.165, 1.54) is 48.7 Å². The van der Waals surface area contributed by atoms with Gasteiger partial charge in [0.2, 0.25) is 0 Å². The van der Waals surface area contributed by atoms with Crippen LogP contribution in [0.1, 0.15) is 62.9 Å². The highest BCUT2D eigenvalue weighted by atomic mass is 32.2. The largest absolute Gasteiger partial charge is 0.347 e. The lowest BCUT2D eigenvalue weighted by atomic mass is 9.83. The van der Waals surface area contributed by atoms with Crippen LogP contribution in [0.15, 0.2) is 41.2 Å². The molecule has 6 heteroatoms. The fourth-order valence-corrected chi connectivity index (χ4v) is 5.11. The minimum Gasteiger partial charge on any atom is -0.347 e. The highest BCUT2D eigenvalue weighted by Crippen LogP contribution is 2.47. The molecule has 0 spiro atoms. The number of carbonyl (C=O) groups is 1. The summed E-state index contributed by atoms with van der Waals surface area (Å²) in [6.07, 6.45) is 6.69. The number of nitrogens with zero attached hydrogens (tertiary/aromatic N) is 4. The van der Waals surface area contributed by atoms with E-state index in [1.54, 1.807) is 0 Å². The van der Waals surface area contributed by atoms with E-state index in [2.05, 4.69) is 51.7 Å². The predicted molar refractivity (Wildman–Crippen MR) is 112 cm³/mol. The van der Waals surface area contributed by atoms with Crippen molar-refractivity contribution in [2.24, 2.45) is 0 Å². The van der Waals surface area contributed by atoms with Crippen LogP contribution in [0.4, 0.5) is 5.69 Å². The second-order valence-electron chi connectivity index (χ2n) is 8.70. The maximum atomic E-state index is 12.8. The molecule has 0 radical (unpaired) electrons. The molecule has 1 aromatic heterocycles. The monoisotopic (exact) mass is 394 g/mol. The first kappa shape index (κ1) is 18.0. The Balaban J connectivity index is 1.33. The number of fused-ring (bicyclic) bond motifs is 1. The Morgan fingerprint density at radius 2 is 1.96 bits per heavy atom. The molecular weight excluding hydrogens is 368 g/mol. The lowest BCUT2D eigenvalue weighted by Gasteiger charge is -2.23. The van der Waals surface area contributed by atoms with E-state index in [1.807, 2.05) is 19.2 Å². The normalized spacial score (nSPS) is 22.0. The second-order valence-corrected chi connectivity index (χ2v) is 9.64. The van der Waals surface area contributed by atoms with Gasteiger partial charge in [0.25, 0.3) is 0 Å². The molecule has 0 unspecified atom stereocenters. The fraction of sp³-hybridized carbons (Fsp3) is 0.500. The summed E-state index contributed by atoms with van der Waals surface area (Å²) in [7, 11) is 2.05. The van der Waals surface area contributed by atoms with Crippen molar-refractivity contribution in [3.05, 3.63) is 47.4 Å². The molecule has 0 bridgehead atoms. The summed E-state index contributed by atoms with van der Waals surface area (Å²) in [5.41, 5.74) is 3.34. The van der Waals surface area contributed by atoms with Crippen molar-refractivity contribution in [1.82, 2.24) is 14.8 Å². The Morgan fingerprint density at radius 1 is 1.21 bits per heavy atom. The minimum absolute atomic E-state index is 0.131. The fourth-order valence-electron chi connectivity index (χ4n) is 4.27. The van der Waals surface area contributed by atoms with Crippen LogP contribution in [-0.2, 0) is 10.2 Å². The molecule has 28 heavy (non-hydrogen) atoms. The Kier molecular flexibility index (Phi) is 4.16. The van der Waals surface area contributed by atoms with Gasteiger partial charge in [-0.1, -0.05) is 43.8 Å². The number of para-hydroxylation sites is 1. The van der Waals surface area contributed by atoms with Crippen molar-refractivity contribution in [2.45, 2.75) is 62.1 Å². The number of hydrogen-bond donors (Lipinski definition) is 0. The molecule has 5 nitrogen and oxygen atoms in total. The van der Waals surface area contributed by atoms with Gasteiger partial charge in [0.15, 0.2) is 10.9 Å². The second kappa shape index (κ2) is 6.48. The Hall–Kier alpha value is -2.08. The highest BCUT2D eigenvalue weighted by molar-refractivity contribution is 7.99. The van der Waals surface area contributed by atoms with Gasteiger partial charge < -0.3 is 9.47 Å². The number of aromatic nitrogens is 3. The van der Waals surface area contributed by atoms with Crippen LogP contribution < -0.4 is 4.90 Å². The van der Waals surface area contributed by atoms with E-state index in [-0.39, 0.29) is 11.2 Å². The van der Waals surface area contributed by atoms with Crippen LogP contribution in [0.2, 0.25) is 0 Å². The third-order valence-corrected chi connectivity index (χ3v) is 7.09. The minimum atomic E-state index is -0.168. The first-order chi connectivity index (χ1) is 13.5. The van der Waals surface area contributed by atoms with Gasteiger partial charge in [-0.05, 0) is 37.3 Å². The van der Waals surface area contributed by atoms with Crippen molar-refractivity contribution < 1.29 is 4.79 Å². The van der Waals surface area contributed by atoms with E-state index in [0.29, 0.717) is 17.7 Å². The molecule has 0 atom stereocenters. The maximum absolute atomic E-state index is 12.8. The van der Waals surface area contributed by atoms with Gasteiger partial charge in [-0.3, -0.25) is 4.79 Å². The predicted octanol–water partition coefficient (Wildman–Crippen LogP) is 4.46. The molecular formula is C22H26N4OS. The summed E-state index contributed by atoms with van der Waals surface area (Å²) in [5, 5.41) is 9.77. The zero-order valence-corrected chi connectivity index (χ0v) is 17.5. The Morgan fingerprint density at radius 3 is 2.64 bits per heavy atom. The lowest BCUT2D eigenvalue weighted by Crippen LogP contribution is -2.24. The third-order valence-electron chi connectivity index (χ3n) is 6.13. The first-order valence-electron chi connectivity index (χ1n) is 10.1. The first-order valence-corrected chi connectivity index (χ1v) is 11.1. The zero-order chi connectivity index (χ0) is 19.5. The van der Waals surface area contributed by atoms with Crippen molar-refractivity contribution in [3.63, 3.8) is 0 Å². The third kappa shape index (κ3) is 2.98. The van der Waals surface area contributed by atoms with Crippen molar-refractivity contribution in [3.8, 4) is 0 Å². The van der Waals surface area contributed by atoms with E-state index < -0.39 is 0 Å². The summed E-state index contributed by atoms with van der Waals surface area (Å²) in [6, 6.07) is 8.94. The average molecular weight is 395 g/mol. The smallest absolute Gasteiger partial charge is 0.191 e. The summed E-state index contributed by atoms with van der Waals surface area (Å²) in [6.45, 7) is 4.38. The van der Waals surface area contributed by atoms with Gasteiger partial charge in [0.1, 0.15) is 5.82 Å². The molecule has 2 saturated carbocycles. The van der Waals surface area contributed by atoms with E-state index in [4.69, 9.17) is 0 Å². The number of hydrogen-bond acceptors (Lipinski definition) is 5. The summed E-state index contributed by atoms with van der Waals surface area (Å²) in [5.74, 6) is 2.26. The molecule has 1 aliphatic heterocycles.